The summed E-state index contributed by atoms with van der Waals surface area (Å²) in [5.74, 6) is 0.925. The number of anilines is 1. The van der Waals surface area contributed by atoms with E-state index in [0.29, 0.717) is 0 Å². The minimum absolute atomic E-state index is 0.923. The molecule has 1 aliphatic heterocycles. The van der Waals surface area contributed by atoms with Crippen molar-refractivity contribution in [1.29, 1.82) is 0 Å². The second kappa shape index (κ2) is 8.05. The number of piperazine rings is 1. The third-order valence-corrected chi connectivity index (χ3v) is 3.86. The van der Waals surface area contributed by atoms with Gasteiger partial charge in [0.15, 0.2) is 0 Å². The molecule has 1 heterocycles. The Kier molecular flexibility index (Phi) is 6.08. The number of methoxy groups -OCH3 is 1. The Labute approximate surface area is 128 Å². The molecule has 0 spiro atoms. The van der Waals surface area contributed by atoms with E-state index in [4.69, 9.17) is 4.74 Å². The number of nitrogens with one attached hydrogen (secondary N) is 1. The molecule has 0 aliphatic carbocycles. The standard InChI is InChI=1S/C17H27N3O/c1-4-18-13-15(2)14-19-8-10-20(11-9-19)16-6-5-7-17(12-16)21-3/h5-7,12,18H,2,4,8-11,13-14H2,1,3H3. The zero-order valence-corrected chi connectivity index (χ0v) is 13.3. The highest BCUT2D eigenvalue weighted by molar-refractivity contribution is 5.51. The van der Waals surface area contributed by atoms with Gasteiger partial charge in [-0.15, -0.1) is 0 Å². The summed E-state index contributed by atoms with van der Waals surface area (Å²) in [5.41, 5.74) is 2.52. The molecule has 1 aliphatic rings. The van der Waals surface area contributed by atoms with Gasteiger partial charge in [-0.25, -0.2) is 0 Å². The van der Waals surface area contributed by atoms with Crippen LogP contribution in [0.4, 0.5) is 5.69 Å². The van der Waals surface area contributed by atoms with Gasteiger partial charge in [0.1, 0.15) is 5.75 Å². The van der Waals surface area contributed by atoms with Crippen molar-refractivity contribution in [3.8, 4) is 5.75 Å². The predicted octanol–water partition coefficient (Wildman–Crippen LogP) is 1.98. The van der Waals surface area contributed by atoms with Gasteiger partial charge in [0.05, 0.1) is 7.11 Å². The Morgan fingerprint density at radius 2 is 2.05 bits per heavy atom. The second-order valence-electron chi connectivity index (χ2n) is 5.50. The maximum absolute atomic E-state index is 5.30. The zero-order valence-electron chi connectivity index (χ0n) is 13.3. The Hall–Kier alpha value is -1.52. The third-order valence-electron chi connectivity index (χ3n) is 3.86. The molecular formula is C17H27N3O. The first-order valence-electron chi connectivity index (χ1n) is 7.71. The topological polar surface area (TPSA) is 27.7 Å². The zero-order chi connectivity index (χ0) is 15.1. The molecule has 1 fully saturated rings. The van der Waals surface area contributed by atoms with Crippen molar-refractivity contribution in [2.45, 2.75) is 6.92 Å². The SMILES string of the molecule is C=C(CNCC)CN1CCN(c2cccc(OC)c2)CC1. The van der Waals surface area contributed by atoms with E-state index in [9.17, 15) is 0 Å². The summed E-state index contributed by atoms with van der Waals surface area (Å²) in [6, 6.07) is 8.31. The lowest BCUT2D eigenvalue weighted by Gasteiger charge is -2.36. The Bertz CT molecular complexity index is 453. The average Bonchev–Trinajstić information content (AvgIpc) is 2.53. The summed E-state index contributed by atoms with van der Waals surface area (Å²) in [6.07, 6.45) is 0. The van der Waals surface area contributed by atoms with Crippen molar-refractivity contribution < 1.29 is 4.74 Å². The van der Waals surface area contributed by atoms with Crippen LogP contribution in [0.3, 0.4) is 0 Å². The van der Waals surface area contributed by atoms with Crippen molar-refractivity contribution >= 4 is 5.69 Å². The number of likely N-dealkylation sites (N-methyl/N-ethyl adjacent to an activating group) is 1. The monoisotopic (exact) mass is 289 g/mol. The van der Waals surface area contributed by atoms with E-state index in [1.165, 1.54) is 11.3 Å². The van der Waals surface area contributed by atoms with Gasteiger partial charge < -0.3 is 15.0 Å². The number of benzene rings is 1. The molecule has 1 N–H and O–H groups in total. The number of rotatable bonds is 7. The quantitative estimate of drug-likeness (QED) is 0.777. The highest BCUT2D eigenvalue weighted by atomic mass is 16.5. The van der Waals surface area contributed by atoms with Crippen LogP contribution in [-0.4, -0.2) is 57.8 Å². The molecule has 116 valence electrons. The fourth-order valence-corrected chi connectivity index (χ4v) is 2.65. The molecule has 1 aromatic carbocycles. The lowest BCUT2D eigenvalue weighted by Crippen LogP contribution is -2.47. The Morgan fingerprint density at radius 3 is 2.71 bits per heavy atom. The van der Waals surface area contributed by atoms with Crippen molar-refractivity contribution in [3.63, 3.8) is 0 Å². The smallest absolute Gasteiger partial charge is 0.120 e. The van der Waals surface area contributed by atoms with Crippen LogP contribution in [0.15, 0.2) is 36.4 Å². The predicted molar refractivity (Wildman–Crippen MR) is 89.3 cm³/mol. The van der Waals surface area contributed by atoms with Crippen molar-refractivity contribution in [2.75, 3.05) is 57.8 Å². The summed E-state index contributed by atoms with van der Waals surface area (Å²) in [6.45, 7) is 13.5. The van der Waals surface area contributed by atoms with E-state index >= 15 is 0 Å². The molecule has 4 nitrogen and oxygen atoms in total. The molecule has 4 heteroatoms. The minimum Gasteiger partial charge on any atom is -0.497 e. The molecule has 1 saturated heterocycles. The van der Waals surface area contributed by atoms with Crippen LogP contribution in [0.1, 0.15) is 6.92 Å². The van der Waals surface area contributed by atoms with Gasteiger partial charge >= 0.3 is 0 Å². The number of hydrogen-bond donors (Lipinski definition) is 1. The summed E-state index contributed by atoms with van der Waals surface area (Å²) in [7, 11) is 1.72. The second-order valence-corrected chi connectivity index (χ2v) is 5.50. The highest BCUT2D eigenvalue weighted by Crippen LogP contribution is 2.22. The number of ether oxygens (including phenoxy) is 1. The van der Waals surface area contributed by atoms with Crippen molar-refractivity contribution in [1.82, 2.24) is 10.2 Å². The number of hydrogen-bond acceptors (Lipinski definition) is 4. The largest absolute Gasteiger partial charge is 0.497 e. The molecule has 0 aromatic heterocycles. The van der Waals surface area contributed by atoms with E-state index in [2.05, 4.69) is 46.8 Å². The summed E-state index contributed by atoms with van der Waals surface area (Å²) in [4.78, 5) is 4.91. The molecule has 0 amide bonds. The van der Waals surface area contributed by atoms with Crippen LogP contribution >= 0.6 is 0 Å². The molecule has 1 aromatic rings. The Morgan fingerprint density at radius 1 is 1.29 bits per heavy atom. The molecule has 0 unspecified atom stereocenters. The molecule has 2 rings (SSSR count). The van der Waals surface area contributed by atoms with Crippen LogP contribution in [-0.2, 0) is 0 Å². The lowest BCUT2D eigenvalue weighted by atomic mass is 10.2. The maximum atomic E-state index is 5.30. The third kappa shape index (κ3) is 4.76. The van der Waals surface area contributed by atoms with Crippen molar-refractivity contribution in [2.24, 2.45) is 0 Å². The van der Waals surface area contributed by atoms with E-state index in [1.807, 2.05) is 6.07 Å². The number of nitrogens with zero attached hydrogens (tertiary/aromatic N) is 2. The van der Waals surface area contributed by atoms with Gasteiger partial charge in [0, 0.05) is 51.0 Å². The molecule has 21 heavy (non-hydrogen) atoms. The fraction of sp³-hybridized carbons (Fsp3) is 0.529. The van der Waals surface area contributed by atoms with E-state index in [0.717, 1.165) is 51.6 Å². The van der Waals surface area contributed by atoms with Crippen LogP contribution in [0, 0.1) is 0 Å². The van der Waals surface area contributed by atoms with E-state index in [-0.39, 0.29) is 0 Å². The van der Waals surface area contributed by atoms with Crippen LogP contribution in [0.5, 0.6) is 5.75 Å². The molecule has 0 bridgehead atoms. The highest BCUT2D eigenvalue weighted by Gasteiger charge is 2.17. The van der Waals surface area contributed by atoms with Gasteiger partial charge in [-0.3, -0.25) is 4.90 Å². The van der Waals surface area contributed by atoms with Gasteiger partial charge in [-0.05, 0) is 24.3 Å². The normalized spacial score (nSPS) is 16.0. The minimum atomic E-state index is 0.923. The van der Waals surface area contributed by atoms with Gasteiger partial charge in [0.2, 0.25) is 0 Å². The average molecular weight is 289 g/mol. The molecule has 0 radical (unpaired) electrons. The summed E-state index contributed by atoms with van der Waals surface area (Å²) in [5, 5.41) is 3.33. The lowest BCUT2D eigenvalue weighted by molar-refractivity contribution is 0.276. The van der Waals surface area contributed by atoms with Gasteiger partial charge in [-0.2, -0.15) is 0 Å². The van der Waals surface area contributed by atoms with E-state index in [1.54, 1.807) is 7.11 Å². The van der Waals surface area contributed by atoms with Crippen molar-refractivity contribution in [3.05, 3.63) is 36.4 Å². The van der Waals surface area contributed by atoms with Gasteiger partial charge in [0.25, 0.3) is 0 Å². The summed E-state index contributed by atoms with van der Waals surface area (Å²) >= 11 is 0. The molecular weight excluding hydrogens is 262 g/mol. The molecule has 0 saturated carbocycles. The first-order valence-corrected chi connectivity index (χ1v) is 7.71. The maximum Gasteiger partial charge on any atom is 0.120 e. The Balaban J connectivity index is 1.81. The first kappa shape index (κ1) is 15.9. The van der Waals surface area contributed by atoms with Crippen LogP contribution in [0.25, 0.3) is 0 Å². The summed E-state index contributed by atoms with van der Waals surface area (Å²) < 4.78 is 5.30. The molecule has 0 atom stereocenters. The van der Waals surface area contributed by atoms with Gasteiger partial charge in [-0.1, -0.05) is 19.6 Å². The van der Waals surface area contributed by atoms with Crippen LogP contribution in [0.2, 0.25) is 0 Å². The fourth-order valence-electron chi connectivity index (χ4n) is 2.65. The first-order chi connectivity index (χ1) is 10.2. The van der Waals surface area contributed by atoms with Crippen LogP contribution < -0.4 is 15.0 Å². The van der Waals surface area contributed by atoms with E-state index < -0.39 is 0 Å².